The Bertz CT molecular complexity index is 349. The highest BCUT2D eigenvalue weighted by atomic mass is 16.3. The molecule has 0 aromatic heterocycles. The van der Waals surface area contributed by atoms with Gasteiger partial charge < -0.3 is 15.7 Å². The summed E-state index contributed by atoms with van der Waals surface area (Å²) in [6.45, 7) is 5.80. The summed E-state index contributed by atoms with van der Waals surface area (Å²) in [6.07, 6.45) is 3.94. The molecular formula is C14H24N2O2. The number of amides is 1. The van der Waals surface area contributed by atoms with Gasteiger partial charge in [-0.25, -0.2) is 0 Å². The molecule has 0 atom stereocenters. The Morgan fingerprint density at radius 3 is 2.50 bits per heavy atom. The van der Waals surface area contributed by atoms with Gasteiger partial charge in [0.1, 0.15) is 0 Å². The second-order valence-corrected chi connectivity index (χ2v) is 5.91. The highest BCUT2D eigenvalue weighted by Crippen LogP contribution is 2.31. The van der Waals surface area contributed by atoms with Crippen molar-refractivity contribution in [1.82, 2.24) is 10.6 Å². The third-order valence-electron chi connectivity index (χ3n) is 4.46. The third kappa shape index (κ3) is 2.75. The van der Waals surface area contributed by atoms with Gasteiger partial charge in [0.2, 0.25) is 5.91 Å². The fourth-order valence-electron chi connectivity index (χ4n) is 2.65. The van der Waals surface area contributed by atoms with Crippen LogP contribution in [0.2, 0.25) is 0 Å². The molecule has 1 aliphatic carbocycles. The summed E-state index contributed by atoms with van der Waals surface area (Å²) < 4.78 is 0. The molecule has 1 amide bonds. The quantitative estimate of drug-likeness (QED) is 0.656. The first kappa shape index (κ1) is 13.6. The van der Waals surface area contributed by atoms with Gasteiger partial charge in [-0.1, -0.05) is 6.92 Å². The summed E-state index contributed by atoms with van der Waals surface area (Å²) in [5, 5.41) is 15.8. The Kier molecular flexibility index (Phi) is 4.07. The molecular weight excluding hydrogens is 228 g/mol. The standard InChI is InChI=1S/C14H24N2O2/c1-10-3-5-14(9-17,6-4-10)16-13(18)11(2)12-7-15-8-12/h10,15,17H,3-9H2,1-2H3,(H,16,18). The molecule has 0 radical (unpaired) electrons. The number of hydrogen-bond acceptors (Lipinski definition) is 3. The van der Waals surface area contributed by atoms with E-state index in [1.807, 2.05) is 6.92 Å². The van der Waals surface area contributed by atoms with Gasteiger partial charge in [0.05, 0.1) is 12.1 Å². The lowest BCUT2D eigenvalue weighted by Crippen LogP contribution is -2.54. The van der Waals surface area contributed by atoms with Crippen molar-refractivity contribution in [2.75, 3.05) is 19.7 Å². The maximum absolute atomic E-state index is 12.2. The van der Waals surface area contributed by atoms with Crippen molar-refractivity contribution >= 4 is 5.91 Å². The topological polar surface area (TPSA) is 61.4 Å². The van der Waals surface area contributed by atoms with Crippen molar-refractivity contribution in [3.8, 4) is 0 Å². The van der Waals surface area contributed by atoms with E-state index >= 15 is 0 Å². The Morgan fingerprint density at radius 1 is 1.44 bits per heavy atom. The maximum Gasteiger partial charge on any atom is 0.247 e. The normalized spacial score (nSPS) is 31.7. The van der Waals surface area contributed by atoms with Gasteiger partial charge in [0.15, 0.2) is 0 Å². The van der Waals surface area contributed by atoms with Crippen LogP contribution < -0.4 is 10.6 Å². The van der Waals surface area contributed by atoms with Crippen LogP contribution in [0.5, 0.6) is 0 Å². The molecule has 0 unspecified atom stereocenters. The van der Waals surface area contributed by atoms with Gasteiger partial charge >= 0.3 is 0 Å². The molecule has 0 aromatic rings. The van der Waals surface area contributed by atoms with Crippen LogP contribution in [0, 0.1) is 5.92 Å². The predicted molar refractivity (Wildman–Crippen MR) is 71.2 cm³/mol. The molecule has 0 bridgehead atoms. The predicted octanol–water partition coefficient (Wildman–Crippen LogP) is 0.963. The van der Waals surface area contributed by atoms with Crippen molar-refractivity contribution in [3.05, 3.63) is 11.1 Å². The Balaban J connectivity index is 2.00. The number of aliphatic hydroxyl groups excluding tert-OH is 1. The molecule has 2 fully saturated rings. The number of nitrogens with one attached hydrogen (secondary N) is 2. The van der Waals surface area contributed by atoms with E-state index in [0.29, 0.717) is 5.92 Å². The minimum Gasteiger partial charge on any atom is -0.394 e. The summed E-state index contributed by atoms with van der Waals surface area (Å²) >= 11 is 0. The van der Waals surface area contributed by atoms with Crippen LogP contribution in [0.4, 0.5) is 0 Å². The molecule has 18 heavy (non-hydrogen) atoms. The molecule has 4 nitrogen and oxygen atoms in total. The van der Waals surface area contributed by atoms with Gasteiger partial charge in [-0.15, -0.1) is 0 Å². The van der Waals surface area contributed by atoms with Crippen LogP contribution in [0.25, 0.3) is 0 Å². The maximum atomic E-state index is 12.2. The van der Waals surface area contributed by atoms with Crippen molar-refractivity contribution in [3.63, 3.8) is 0 Å². The molecule has 1 saturated carbocycles. The molecule has 3 N–H and O–H groups in total. The van der Waals surface area contributed by atoms with Crippen LogP contribution in [-0.2, 0) is 4.79 Å². The summed E-state index contributed by atoms with van der Waals surface area (Å²) in [6, 6.07) is 0. The Morgan fingerprint density at radius 2 is 2.06 bits per heavy atom. The monoisotopic (exact) mass is 252 g/mol. The van der Waals surface area contributed by atoms with Crippen LogP contribution in [0.1, 0.15) is 39.5 Å². The van der Waals surface area contributed by atoms with E-state index in [1.54, 1.807) is 0 Å². The van der Waals surface area contributed by atoms with E-state index < -0.39 is 0 Å². The highest BCUT2D eigenvalue weighted by Gasteiger charge is 2.35. The Labute approximate surface area is 109 Å². The number of carbonyl (C=O) groups excluding carboxylic acids is 1. The van der Waals surface area contributed by atoms with E-state index in [1.165, 1.54) is 5.57 Å². The highest BCUT2D eigenvalue weighted by molar-refractivity contribution is 5.94. The molecule has 2 aliphatic rings. The van der Waals surface area contributed by atoms with E-state index in [4.69, 9.17) is 0 Å². The second kappa shape index (κ2) is 5.41. The zero-order valence-electron chi connectivity index (χ0n) is 11.4. The van der Waals surface area contributed by atoms with Crippen LogP contribution in [-0.4, -0.2) is 36.2 Å². The van der Waals surface area contributed by atoms with E-state index in [-0.39, 0.29) is 18.1 Å². The smallest absolute Gasteiger partial charge is 0.247 e. The molecule has 0 spiro atoms. The van der Waals surface area contributed by atoms with Gasteiger partial charge in [-0.05, 0) is 44.1 Å². The van der Waals surface area contributed by atoms with Crippen LogP contribution in [0.3, 0.4) is 0 Å². The summed E-state index contributed by atoms with van der Waals surface area (Å²) in [5.41, 5.74) is 1.62. The first-order valence-electron chi connectivity index (χ1n) is 6.89. The number of aliphatic hydroxyl groups is 1. The fraction of sp³-hybridized carbons (Fsp3) is 0.786. The zero-order valence-corrected chi connectivity index (χ0v) is 11.4. The SMILES string of the molecule is CC(C(=O)NC1(CO)CCC(C)CC1)=C1CNC1. The van der Waals surface area contributed by atoms with E-state index in [2.05, 4.69) is 17.6 Å². The molecule has 4 heteroatoms. The summed E-state index contributed by atoms with van der Waals surface area (Å²) in [7, 11) is 0. The summed E-state index contributed by atoms with van der Waals surface area (Å²) in [5.74, 6) is 0.701. The minimum absolute atomic E-state index is 0.00453. The number of carbonyl (C=O) groups is 1. The Hall–Kier alpha value is -0.870. The molecule has 1 heterocycles. The van der Waals surface area contributed by atoms with E-state index in [9.17, 15) is 9.90 Å². The van der Waals surface area contributed by atoms with Gasteiger partial charge in [0, 0.05) is 18.7 Å². The first-order chi connectivity index (χ1) is 8.56. The van der Waals surface area contributed by atoms with Crippen LogP contribution in [0.15, 0.2) is 11.1 Å². The largest absolute Gasteiger partial charge is 0.394 e. The summed E-state index contributed by atoms with van der Waals surface area (Å²) in [4.78, 5) is 12.2. The lowest BCUT2D eigenvalue weighted by atomic mass is 9.77. The second-order valence-electron chi connectivity index (χ2n) is 5.91. The third-order valence-corrected chi connectivity index (χ3v) is 4.46. The fourth-order valence-corrected chi connectivity index (χ4v) is 2.65. The lowest BCUT2D eigenvalue weighted by Gasteiger charge is -2.39. The first-order valence-corrected chi connectivity index (χ1v) is 6.89. The minimum atomic E-state index is -0.386. The molecule has 1 aliphatic heterocycles. The lowest BCUT2D eigenvalue weighted by molar-refractivity contribution is -0.120. The number of hydrogen-bond donors (Lipinski definition) is 3. The average Bonchev–Trinajstić information content (AvgIpc) is 2.30. The van der Waals surface area contributed by atoms with Gasteiger partial charge in [-0.2, -0.15) is 0 Å². The van der Waals surface area contributed by atoms with Crippen molar-refractivity contribution < 1.29 is 9.90 Å². The van der Waals surface area contributed by atoms with Crippen molar-refractivity contribution in [1.29, 1.82) is 0 Å². The van der Waals surface area contributed by atoms with Crippen LogP contribution >= 0.6 is 0 Å². The molecule has 0 aromatic carbocycles. The van der Waals surface area contributed by atoms with Gasteiger partial charge in [0.25, 0.3) is 0 Å². The molecule has 1 saturated heterocycles. The average molecular weight is 252 g/mol. The molecule has 2 rings (SSSR count). The zero-order chi connectivity index (χ0) is 13.2. The van der Waals surface area contributed by atoms with Crippen molar-refractivity contribution in [2.24, 2.45) is 5.92 Å². The van der Waals surface area contributed by atoms with Gasteiger partial charge in [-0.3, -0.25) is 4.79 Å². The molecule has 102 valence electrons. The van der Waals surface area contributed by atoms with Crippen molar-refractivity contribution in [2.45, 2.75) is 45.1 Å². The van der Waals surface area contributed by atoms with E-state index in [0.717, 1.165) is 44.3 Å². The number of rotatable bonds is 3.